The van der Waals surface area contributed by atoms with Gasteiger partial charge in [-0.2, -0.15) is 10.1 Å². The number of aromatic amines is 1. The van der Waals surface area contributed by atoms with Crippen LogP contribution in [0.2, 0.25) is 0 Å². The SMILES string of the molecule is Cc1noc(CN(C)C(=O)c2cc(C(=O)O)[nH]n2)n1. The molecule has 2 aromatic heterocycles. The number of carbonyl (C=O) groups excluding carboxylic acids is 1. The molecule has 9 heteroatoms. The van der Waals surface area contributed by atoms with Crippen molar-refractivity contribution in [3.8, 4) is 0 Å². The number of amides is 1. The molecule has 0 saturated heterocycles. The largest absolute Gasteiger partial charge is 0.477 e. The van der Waals surface area contributed by atoms with Gasteiger partial charge in [0.1, 0.15) is 12.2 Å². The molecule has 0 saturated carbocycles. The fourth-order valence-corrected chi connectivity index (χ4v) is 1.42. The van der Waals surface area contributed by atoms with Gasteiger partial charge in [-0.1, -0.05) is 5.16 Å². The molecule has 2 heterocycles. The Morgan fingerprint density at radius 2 is 2.26 bits per heavy atom. The highest BCUT2D eigenvalue weighted by Gasteiger charge is 2.19. The summed E-state index contributed by atoms with van der Waals surface area (Å²) in [5, 5.41) is 18.2. The molecule has 9 nitrogen and oxygen atoms in total. The highest BCUT2D eigenvalue weighted by Crippen LogP contribution is 2.06. The third-order valence-corrected chi connectivity index (χ3v) is 2.32. The average molecular weight is 265 g/mol. The number of aryl methyl sites for hydroxylation is 1. The van der Waals surface area contributed by atoms with Gasteiger partial charge < -0.3 is 14.5 Å². The first-order valence-corrected chi connectivity index (χ1v) is 5.30. The van der Waals surface area contributed by atoms with E-state index in [4.69, 9.17) is 9.63 Å². The minimum absolute atomic E-state index is 0.0103. The van der Waals surface area contributed by atoms with E-state index in [1.165, 1.54) is 18.0 Å². The maximum Gasteiger partial charge on any atom is 0.353 e. The van der Waals surface area contributed by atoms with E-state index in [0.29, 0.717) is 11.7 Å². The van der Waals surface area contributed by atoms with E-state index >= 15 is 0 Å². The number of hydrogen-bond acceptors (Lipinski definition) is 6. The van der Waals surface area contributed by atoms with Crippen molar-refractivity contribution in [2.24, 2.45) is 0 Å². The molecule has 0 fully saturated rings. The first-order chi connectivity index (χ1) is 8.97. The van der Waals surface area contributed by atoms with Crippen molar-refractivity contribution in [1.29, 1.82) is 0 Å². The zero-order valence-corrected chi connectivity index (χ0v) is 10.2. The van der Waals surface area contributed by atoms with Gasteiger partial charge in [0.15, 0.2) is 11.5 Å². The van der Waals surface area contributed by atoms with Gasteiger partial charge in [-0.25, -0.2) is 4.79 Å². The number of carboxylic acids is 1. The van der Waals surface area contributed by atoms with Gasteiger partial charge in [-0.15, -0.1) is 0 Å². The molecule has 0 aliphatic rings. The number of aromatic nitrogens is 4. The summed E-state index contributed by atoms with van der Waals surface area (Å²) in [6.45, 7) is 1.79. The number of nitrogens with zero attached hydrogens (tertiary/aromatic N) is 4. The minimum Gasteiger partial charge on any atom is -0.477 e. The lowest BCUT2D eigenvalue weighted by Crippen LogP contribution is -2.26. The predicted octanol–water partition coefficient (Wildman–Crippen LogP) is 0.0715. The highest BCUT2D eigenvalue weighted by molar-refractivity contribution is 5.95. The first kappa shape index (κ1) is 12.7. The number of rotatable bonds is 4. The molecule has 0 unspecified atom stereocenters. The summed E-state index contributed by atoms with van der Waals surface area (Å²) in [7, 11) is 1.52. The Balaban J connectivity index is 2.07. The molecular weight excluding hydrogens is 254 g/mol. The van der Waals surface area contributed by atoms with Crippen molar-refractivity contribution < 1.29 is 19.2 Å². The quantitative estimate of drug-likeness (QED) is 0.801. The molecule has 0 aromatic carbocycles. The lowest BCUT2D eigenvalue weighted by Gasteiger charge is -2.12. The maximum atomic E-state index is 12.0. The maximum absolute atomic E-state index is 12.0. The molecule has 2 aromatic rings. The van der Waals surface area contributed by atoms with Crippen LogP contribution in [0.3, 0.4) is 0 Å². The first-order valence-electron chi connectivity index (χ1n) is 5.30. The second kappa shape index (κ2) is 4.88. The summed E-state index contributed by atoms with van der Waals surface area (Å²) in [5.74, 6) is -0.854. The van der Waals surface area contributed by atoms with E-state index in [1.807, 2.05) is 0 Å². The molecule has 0 spiro atoms. The topological polar surface area (TPSA) is 125 Å². The third kappa shape index (κ3) is 2.76. The van der Waals surface area contributed by atoms with Crippen molar-refractivity contribution in [2.75, 3.05) is 7.05 Å². The minimum atomic E-state index is -1.18. The Morgan fingerprint density at radius 1 is 1.53 bits per heavy atom. The predicted molar refractivity (Wildman–Crippen MR) is 60.4 cm³/mol. The van der Waals surface area contributed by atoms with Crippen molar-refractivity contribution in [3.63, 3.8) is 0 Å². The van der Waals surface area contributed by atoms with Crippen LogP contribution in [0, 0.1) is 6.92 Å². The van der Waals surface area contributed by atoms with Crippen LogP contribution in [0.4, 0.5) is 0 Å². The fourth-order valence-electron chi connectivity index (χ4n) is 1.42. The summed E-state index contributed by atoms with van der Waals surface area (Å²) >= 11 is 0. The van der Waals surface area contributed by atoms with Crippen LogP contribution in [0.5, 0.6) is 0 Å². The lowest BCUT2D eigenvalue weighted by atomic mass is 10.3. The van der Waals surface area contributed by atoms with Crippen LogP contribution in [0.1, 0.15) is 32.7 Å². The summed E-state index contributed by atoms with van der Waals surface area (Å²) in [6, 6.07) is 1.17. The molecule has 1 amide bonds. The van der Waals surface area contributed by atoms with Crippen LogP contribution in [-0.2, 0) is 6.54 Å². The Morgan fingerprint density at radius 3 is 2.79 bits per heavy atom. The van der Waals surface area contributed by atoms with Crippen LogP contribution < -0.4 is 0 Å². The van der Waals surface area contributed by atoms with Crippen molar-refractivity contribution >= 4 is 11.9 Å². The number of carbonyl (C=O) groups is 2. The van der Waals surface area contributed by atoms with Crippen molar-refractivity contribution in [2.45, 2.75) is 13.5 Å². The van der Waals surface area contributed by atoms with Gasteiger partial charge >= 0.3 is 5.97 Å². The Labute approximate surface area is 107 Å². The molecule has 2 rings (SSSR count). The van der Waals surface area contributed by atoms with Crippen LogP contribution in [-0.4, -0.2) is 49.3 Å². The molecule has 100 valence electrons. The number of nitrogens with one attached hydrogen (secondary N) is 1. The smallest absolute Gasteiger partial charge is 0.353 e. The zero-order chi connectivity index (χ0) is 14.0. The average Bonchev–Trinajstić information content (AvgIpc) is 2.97. The summed E-state index contributed by atoms with van der Waals surface area (Å²) in [5.41, 5.74) is -0.137. The molecular formula is C10H11N5O4. The molecule has 0 aliphatic carbocycles. The molecule has 19 heavy (non-hydrogen) atoms. The number of aromatic carboxylic acids is 1. The summed E-state index contributed by atoms with van der Waals surface area (Å²) < 4.78 is 4.89. The van der Waals surface area contributed by atoms with Crippen molar-refractivity contribution in [3.05, 3.63) is 29.2 Å². The monoisotopic (exact) mass is 265 g/mol. The highest BCUT2D eigenvalue weighted by atomic mass is 16.5. The Bertz CT molecular complexity index is 617. The van der Waals surface area contributed by atoms with E-state index in [-0.39, 0.29) is 17.9 Å². The van der Waals surface area contributed by atoms with Gasteiger partial charge in [0.2, 0.25) is 5.89 Å². The second-order valence-corrected chi connectivity index (χ2v) is 3.87. The number of carboxylic acid groups (broad SMARTS) is 1. The second-order valence-electron chi connectivity index (χ2n) is 3.87. The van der Waals surface area contributed by atoms with Crippen molar-refractivity contribution in [1.82, 2.24) is 25.2 Å². The van der Waals surface area contributed by atoms with E-state index in [2.05, 4.69) is 20.3 Å². The Kier molecular flexibility index (Phi) is 3.27. The summed E-state index contributed by atoms with van der Waals surface area (Å²) in [4.78, 5) is 27.9. The Hall–Kier alpha value is -2.71. The molecule has 0 aliphatic heterocycles. The third-order valence-electron chi connectivity index (χ3n) is 2.32. The van der Waals surface area contributed by atoms with Gasteiger partial charge in [-0.3, -0.25) is 9.89 Å². The summed E-state index contributed by atoms with van der Waals surface area (Å²) in [6.07, 6.45) is 0. The van der Waals surface area contributed by atoms with Gasteiger partial charge in [-0.05, 0) is 6.92 Å². The molecule has 2 N–H and O–H groups in total. The molecule has 0 atom stereocenters. The van der Waals surface area contributed by atoms with E-state index in [0.717, 1.165) is 0 Å². The van der Waals surface area contributed by atoms with Gasteiger partial charge in [0.25, 0.3) is 5.91 Å². The van der Waals surface area contributed by atoms with E-state index in [9.17, 15) is 9.59 Å². The zero-order valence-electron chi connectivity index (χ0n) is 10.2. The lowest BCUT2D eigenvalue weighted by molar-refractivity contribution is 0.0690. The number of H-pyrrole nitrogens is 1. The molecule has 0 bridgehead atoms. The van der Waals surface area contributed by atoms with E-state index < -0.39 is 11.9 Å². The standard InChI is InChI=1S/C10H11N5O4/c1-5-11-8(19-14-5)4-15(2)9(16)6-3-7(10(17)18)13-12-6/h3H,4H2,1-2H3,(H,12,13)(H,17,18). The van der Waals surface area contributed by atoms with Crippen LogP contribution in [0.25, 0.3) is 0 Å². The van der Waals surface area contributed by atoms with Crippen LogP contribution >= 0.6 is 0 Å². The van der Waals surface area contributed by atoms with Crippen LogP contribution in [0.15, 0.2) is 10.6 Å². The fraction of sp³-hybridized carbons (Fsp3) is 0.300. The molecule has 0 radical (unpaired) electrons. The number of hydrogen-bond donors (Lipinski definition) is 2. The van der Waals surface area contributed by atoms with Gasteiger partial charge in [0, 0.05) is 13.1 Å². The van der Waals surface area contributed by atoms with Gasteiger partial charge in [0.05, 0.1) is 0 Å². The van der Waals surface area contributed by atoms with E-state index in [1.54, 1.807) is 6.92 Å². The normalized spacial score (nSPS) is 10.4.